The molecule has 0 amide bonds. The molecular weight excluding hydrogens is 224 g/mol. The Labute approximate surface area is 110 Å². The van der Waals surface area contributed by atoms with E-state index in [1.807, 2.05) is 20.0 Å². The van der Waals surface area contributed by atoms with Crippen LogP contribution in [0.1, 0.15) is 38.8 Å². The fraction of sp³-hybridized carbons (Fsp3) is 0.714. The van der Waals surface area contributed by atoms with Crippen molar-refractivity contribution in [1.29, 1.82) is 0 Å². The van der Waals surface area contributed by atoms with Gasteiger partial charge >= 0.3 is 0 Å². The van der Waals surface area contributed by atoms with E-state index < -0.39 is 0 Å². The van der Waals surface area contributed by atoms with Crippen LogP contribution in [0.5, 0.6) is 0 Å². The molecule has 2 N–H and O–H groups in total. The van der Waals surface area contributed by atoms with E-state index in [1.54, 1.807) is 0 Å². The number of nitrogens with one attached hydrogen (secondary N) is 2. The molecule has 1 saturated carbocycles. The first-order chi connectivity index (χ1) is 8.63. The van der Waals surface area contributed by atoms with Crippen LogP contribution >= 0.6 is 0 Å². The molecule has 100 valence electrons. The number of rotatable bonds is 4. The minimum absolute atomic E-state index is 0.550. The second-order valence-corrected chi connectivity index (χ2v) is 5.32. The van der Waals surface area contributed by atoms with Crippen molar-refractivity contribution >= 4 is 11.8 Å². The second-order valence-electron chi connectivity index (χ2n) is 5.32. The van der Waals surface area contributed by atoms with Crippen LogP contribution in [0.2, 0.25) is 0 Å². The Morgan fingerprint density at radius 2 is 2.11 bits per heavy atom. The van der Waals surface area contributed by atoms with E-state index in [-0.39, 0.29) is 0 Å². The number of nitrogens with zero attached hydrogens (tertiary/aromatic N) is 2. The summed E-state index contributed by atoms with van der Waals surface area (Å²) in [4.78, 5) is 8.78. The molecule has 1 fully saturated rings. The Balaban J connectivity index is 2.08. The Hall–Kier alpha value is -1.32. The third-order valence-corrected chi connectivity index (χ3v) is 4.16. The van der Waals surface area contributed by atoms with Gasteiger partial charge in [0.05, 0.1) is 0 Å². The zero-order valence-electron chi connectivity index (χ0n) is 11.8. The average molecular weight is 248 g/mol. The quantitative estimate of drug-likeness (QED) is 0.860. The largest absolute Gasteiger partial charge is 0.367 e. The van der Waals surface area contributed by atoms with Gasteiger partial charge in [-0.15, -0.1) is 0 Å². The molecule has 0 aliphatic heterocycles. The van der Waals surface area contributed by atoms with E-state index in [2.05, 4.69) is 34.4 Å². The van der Waals surface area contributed by atoms with Crippen molar-refractivity contribution in [3.8, 4) is 0 Å². The van der Waals surface area contributed by atoms with Crippen LogP contribution in [0.25, 0.3) is 0 Å². The van der Waals surface area contributed by atoms with Gasteiger partial charge in [0.2, 0.25) is 5.95 Å². The summed E-state index contributed by atoms with van der Waals surface area (Å²) in [6.07, 6.45) is 3.86. The summed E-state index contributed by atoms with van der Waals surface area (Å²) in [5.41, 5.74) is 0.995. The molecule has 2 rings (SSSR count). The van der Waals surface area contributed by atoms with Crippen LogP contribution in [0.4, 0.5) is 11.8 Å². The molecule has 3 unspecified atom stereocenters. The summed E-state index contributed by atoms with van der Waals surface area (Å²) in [6.45, 7) is 6.64. The highest BCUT2D eigenvalue weighted by atomic mass is 15.1. The molecular formula is C14H24N4. The minimum atomic E-state index is 0.550. The van der Waals surface area contributed by atoms with Gasteiger partial charge in [-0.05, 0) is 31.6 Å². The highest BCUT2D eigenvalue weighted by Crippen LogP contribution is 2.35. The summed E-state index contributed by atoms with van der Waals surface area (Å²) in [5.74, 6) is 3.22. The SMILES string of the molecule is CCC1CCC(Nc2cc(C)nc(NC)n2)C1C. The van der Waals surface area contributed by atoms with Gasteiger partial charge in [-0.25, -0.2) is 4.98 Å². The summed E-state index contributed by atoms with van der Waals surface area (Å²) in [7, 11) is 1.85. The first kappa shape index (κ1) is 13.1. The third kappa shape index (κ3) is 2.74. The molecule has 18 heavy (non-hydrogen) atoms. The molecule has 0 saturated heterocycles. The van der Waals surface area contributed by atoms with Crippen molar-refractivity contribution in [3.63, 3.8) is 0 Å². The highest BCUT2D eigenvalue weighted by molar-refractivity contribution is 5.42. The van der Waals surface area contributed by atoms with Crippen LogP contribution in [0, 0.1) is 18.8 Å². The van der Waals surface area contributed by atoms with Gasteiger partial charge in [-0.3, -0.25) is 0 Å². The first-order valence-electron chi connectivity index (χ1n) is 6.94. The van der Waals surface area contributed by atoms with E-state index in [4.69, 9.17) is 0 Å². The van der Waals surface area contributed by atoms with Crippen LogP contribution in [0.3, 0.4) is 0 Å². The van der Waals surface area contributed by atoms with Crippen molar-refractivity contribution < 1.29 is 0 Å². The maximum absolute atomic E-state index is 4.47. The van der Waals surface area contributed by atoms with Crippen LogP contribution < -0.4 is 10.6 Å². The Kier molecular flexibility index (Phi) is 4.04. The lowest BCUT2D eigenvalue weighted by atomic mass is 9.93. The van der Waals surface area contributed by atoms with Gasteiger partial charge in [0.25, 0.3) is 0 Å². The molecule has 4 heteroatoms. The molecule has 1 heterocycles. The standard InChI is InChI=1S/C14H24N4/c1-5-11-6-7-12(10(11)3)17-13-8-9(2)16-14(15-4)18-13/h8,10-12H,5-7H2,1-4H3,(H2,15,16,17,18). The van der Waals surface area contributed by atoms with Crippen molar-refractivity contribution in [2.45, 2.75) is 46.1 Å². The number of hydrogen-bond donors (Lipinski definition) is 2. The van der Waals surface area contributed by atoms with Gasteiger partial charge < -0.3 is 10.6 Å². The lowest BCUT2D eigenvalue weighted by Crippen LogP contribution is -2.25. The van der Waals surface area contributed by atoms with Gasteiger partial charge in [-0.2, -0.15) is 4.98 Å². The van der Waals surface area contributed by atoms with Crippen LogP contribution in [-0.4, -0.2) is 23.1 Å². The second kappa shape index (κ2) is 5.55. The molecule has 4 nitrogen and oxygen atoms in total. The molecule has 0 bridgehead atoms. The van der Waals surface area contributed by atoms with Gasteiger partial charge in [0, 0.05) is 24.8 Å². The number of anilines is 2. The maximum atomic E-state index is 4.47. The van der Waals surface area contributed by atoms with E-state index in [0.717, 1.165) is 23.3 Å². The lowest BCUT2D eigenvalue weighted by molar-refractivity contribution is 0.391. The molecule has 1 aliphatic carbocycles. The molecule has 0 aromatic carbocycles. The van der Waals surface area contributed by atoms with Crippen molar-refractivity contribution in [3.05, 3.63) is 11.8 Å². The summed E-state index contributed by atoms with van der Waals surface area (Å²) in [5, 5.41) is 6.58. The van der Waals surface area contributed by atoms with Crippen molar-refractivity contribution in [2.75, 3.05) is 17.7 Å². The minimum Gasteiger partial charge on any atom is -0.367 e. The van der Waals surface area contributed by atoms with Gasteiger partial charge in [-0.1, -0.05) is 20.3 Å². The predicted molar refractivity (Wildman–Crippen MR) is 75.9 cm³/mol. The Morgan fingerprint density at radius 1 is 1.33 bits per heavy atom. The van der Waals surface area contributed by atoms with E-state index in [1.165, 1.54) is 19.3 Å². The molecule has 1 aliphatic rings. The van der Waals surface area contributed by atoms with Crippen molar-refractivity contribution in [2.24, 2.45) is 11.8 Å². The summed E-state index contributed by atoms with van der Waals surface area (Å²) < 4.78 is 0. The first-order valence-corrected chi connectivity index (χ1v) is 6.94. The molecule has 1 aromatic rings. The third-order valence-electron chi connectivity index (χ3n) is 4.16. The number of aryl methyl sites for hydroxylation is 1. The van der Waals surface area contributed by atoms with Gasteiger partial charge in [0.15, 0.2) is 0 Å². The summed E-state index contributed by atoms with van der Waals surface area (Å²) >= 11 is 0. The Bertz CT molecular complexity index is 405. The highest BCUT2D eigenvalue weighted by Gasteiger charge is 2.31. The van der Waals surface area contributed by atoms with Crippen LogP contribution in [0.15, 0.2) is 6.07 Å². The smallest absolute Gasteiger partial charge is 0.224 e. The number of hydrogen-bond acceptors (Lipinski definition) is 4. The normalized spacial score (nSPS) is 27.2. The maximum Gasteiger partial charge on any atom is 0.224 e. The molecule has 0 spiro atoms. The van der Waals surface area contributed by atoms with E-state index in [0.29, 0.717) is 12.0 Å². The zero-order valence-corrected chi connectivity index (χ0v) is 11.8. The van der Waals surface area contributed by atoms with Crippen molar-refractivity contribution in [1.82, 2.24) is 9.97 Å². The summed E-state index contributed by atoms with van der Waals surface area (Å²) in [6, 6.07) is 2.57. The lowest BCUT2D eigenvalue weighted by Gasteiger charge is -2.21. The van der Waals surface area contributed by atoms with E-state index in [9.17, 15) is 0 Å². The fourth-order valence-corrected chi connectivity index (χ4v) is 2.97. The molecule has 3 atom stereocenters. The molecule has 0 radical (unpaired) electrons. The van der Waals surface area contributed by atoms with Crippen LogP contribution in [-0.2, 0) is 0 Å². The molecule has 1 aromatic heterocycles. The van der Waals surface area contributed by atoms with Gasteiger partial charge in [0.1, 0.15) is 5.82 Å². The fourth-order valence-electron chi connectivity index (χ4n) is 2.97. The Morgan fingerprint density at radius 3 is 2.72 bits per heavy atom. The average Bonchev–Trinajstić information content (AvgIpc) is 2.70. The predicted octanol–water partition coefficient (Wildman–Crippen LogP) is 3.06. The number of aromatic nitrogens is 2. The van der Waals surface area contributed by atoms with E-state index >= 15 is 0 Å². The topological polar surface area (TPSA) is 49.8 Å². The monoisotopic (exact) mass is 248 g/mol. The zero-order chi connectivity index (χ0) is 13.1.